The molecule has 0 aromatic carbocycles. The van der Waals surface area contributed by atoms with Crippen molar-refractivity contribution in [3.05, 3.63) is 12.3 Å². The van der Waals surface area contributed by atoms with E-state index in [9.17, 15) is 4.79 Å². The Labute approximate surface area is 57.6 Å². The molecule has 1 rings (SSSR count). The van der Waals surface area contributed by atoms with Crippen LogP contribution >= 0.6 is 0 Å². The lowest BCUT2D eigenvalue weighted by Crippen LogP contribution is -2.48. The van der Waals surface area contributed by atoms with Crippen molar-refractivity contribution in [2.24, 2.45) is 0 Å². The zero-order valence-electron chi connectivity index (χ0n) is 5.19. The lowest BCUT2D eigenvalue weighted by Gasteiger charge is -2.26. The van der Waals surface area contributed by atoms with E-state index in [1.54, 1.807) is 0 Å². The van der Waals surface area contributed by atoms with Crippen molar-refractivity contribution in [3.8, 4) is 0 Å². The molecule has 0 radical (unpaired) electrons. The highest BCUT2D eigenvalue weighted by molar-refractivity contribution is 5.88. The fourth-order valence-corrected chi connectivity index (χ4v) is 0.628. The van der Waals surface area contributed by atoms with Crippen molar-refractivity contribution in [3.63, 3.8) is 0 Å². The van der Waals surface area contributed by atoms with Crippen molar-refractivity contribution in [2.45, 2.75) is 6.35 Å². The normalized spacial score (nSPS) is 24.8. The third kappa shape index (κ3) is 1.26. The molecule has 1 atom stereocenters. The van der Waals surface area contributed by atoms with Crippen molar-refractivity contribution in [1.82, 2.24) is 10.2 Å². The fourth-order valence-electron chi connectivity index (χ4n) is 0.628. The van der Waals surface area contributed by atoms with Crippen molar-refractivity contribution in [1.29, 1.82) is 0 Å². The van der Waals surface area contributed by atoms with Gasteiger partial charge in [0.2, 0.25) is 12.3 Å². The zero-order chi connectivity index (χ0) is 7.56. The largest absolute Gasteiger partial charge is 0.376 e. The molecule has 1 heterocycles. The second-order valence-electron chi connectivity index (χ2n) is 1.85. The minimum absolute atomic E-state index is 0.321. The summed E-state index contributed by atoms with van der Waals surface area (Å²) < 4.78 is 0. The molecule has 0 spiro atoms. The molecule has 5 heteroatoms. The lowest BCUT2D eigenvalue weighted by molar-refractivity contribution is -0.126. The van der Waals surface area contributed by atoms with Crippen LogP contribution in [0.3, 0.4) is 0 Å². The first-order chi connectivity index (χ1) is 4.74. The number of hydrogen-bond donors (Lipinski definition) is 3. The average molecular weight is 144 g/mol. The molecule has 3 N–H and O–H groups in total. The minimum atomic E-state index is -1.11. The third-order valence-corrected chi connectivity index (χ3v) is 1.17. The molecule has 0 bridgehead atoms. The number of aliphatic hydroxyl groups is 2. The van der Waals surface area contributed by atoms with Gasteiger partial charge in [-0.25, -0.2) is 0 Å². The number of aliphatic hydroxyl groups excluding tert-OH is 2. The Bertz CT molecular complexity index is 168. The van der Waals surface area contributed by atoms with E-state index in [1.807, 2.05) is 0 Å². The second kappa shape index (κ2) is 2.68. The fraction of sp³-hybridized carbons (Fsp3) is 0.400. The Morgan fingerprint density at radius 1 is 1.80 bits per heavy atom. The van der Waals surface area contributed by atoms with Crippen molar-refractivity contribution in [2.75, 3.05) is 6.73 Å². The number of carbonyl (C=O) groups is 1. The summed E-state index contributed by atoms with van der Waals surface area (Å²) in [5.41, 5.74) is 0. The van der Waals surface area contributed by atoms with E-state index in [0.717, 1.165) is 0 Å². The molecule has 1 unspecified atom stereocenters. The summed E-state index contributed by atoms with van der Waals surface area (Å²) in [6, 6.07) is 0. The first-order valence-electron chi connectivity index (χ1n) is 2.77. The maximum absolute atomic E-state index is 10.5. The van der Waals surface area contributed by atoms with E-state index in [0.29, 0.717) is 0 Å². The highest BCUT2D eigenvalue weighted by atomic mass is 16.3. The minimum Gasteiger partial charge on any atom is -0.376 e. The molecule has 56 valence electrons. The summed E-state index contributed by atoms with van der Waals surface area (Å²) in [6.45, 7) is -0.321. The Hall–Kier alpha value is -1.07. The van der Waals surface area contributed by atoms with Gasteiger partial charge in [-0.3, -0.25) is 4.79 Å². The molecule has 0 aromatic rings. The predicted octanol–water partition coefficient (Wildman–Crippen LogP) is -1.84. The molecule has 0 fully saturated rings. The summed E-state index contributed by atoms with van der Waals surface area (Å²) in [7, 11) is 0. The Kier molecular flexibility index (Phi) is 1.88. The van der Waals surface area contributed by atoms with Crippen molar-refractivity contribution < 1.29 is 15.0 Å². The van der Waals surface area contributed by atoms with Gasteiger partial charge < -0.3 is 20.4 Å². The van der Waals surface area contributed by atoms with E-state index in [-0.39, 0.29) is 12.6 Å². The number of nitrogens with zero attached hydrogens (tertiary/aromatic N) is 1. The Morgan fingerprint density at radius 3 is 3.00 bits per heavy atom. The Morgan fingerprint density at radius 2 is 2.50 bits per heavy atom. The summed E-state index contributed by atoms with van der Waals surface area (Å²) in [5, 5.41) is 19.6. The molecular formula is C5H8N2O3. The summed E-state index contributed by atoms with van der Waals surface area (Å²) in [6.07, 6.45) is 1.44. The van der Waals surface area contributed by atoms with Gasteiger partial charge in [-0.05, 0) is 0 Å². The van der Waals surface area contributed by atoms with E-state index < -0.39 is 6.35 Å². The molecule has 0 saturated heterocycles. The molecule has 10 heavy (non-hydrogen) atoms. The highest BCUT2D eigenvalue weighted by Gasteiger charge is 2.16. The lowest BCUT2D eigenvalue weighted by atomic mass is 10.4. The van der Waals surface area contributed by atoms with Gasteiger partial charge in [-0.15, -0.1) is 0 Å². The van der Waals surface area contributed by atoms with Gasteiger partial charge in [0.1, 0.15) is 6.73 Å². The van der Waals surface area contributed by atoms with Crippen LogP contribution in [0, 0.1) is 0 Å². The predicted molar refractivity (Wildman–Crippen MR) is 32.2 cm³/mol. The van der Waals surface area contributed by atoms with Gasteiger partial charge >= 0.3 is 0 Å². The van der Waals surface area contributed by atoms with Crippen LogP contribution in [-0.2, 0) is 4.79 Å². The smallest absolute Gasteiger partial charge is 0.248 e. The molecule has 0 saturated carbocycles. The van der Waals surface area contributed by atoms with Gasteiger partial charge in [0.25, 0.3) is 0 Å². The maximum Gasteiger partial charge on any atom is 0.248 e. The number of rotatable bonds is 1. The zero-order valence-corrected chi connectivity index (χ0v) is 5.19. The van der Waals surface area contributed by atoms with Crippen LogP contribution in [0.2, 0.25) is 0 Å². The van der Waals surface area contributed by atoms with Crippen LogP contribution in [0.25, 0.3) is 0 Å². The van der Waals surface area contributed by atoms with Crippen LogP contribution in [0.1, 0.15) is 0 Å². The maximum atomic E-state index is 10.5. The van der Waals surface area contributed by atoms with Gasteiger partial charge in [-0.2, -0.15) is 0 Å². The SMILES string of the molecule is O=C1C=CN(CO)C(O)N1. The van der Waals surface area contributed by atoms with Gasteiger partial charge in [0.15, 0.2) is 0 Å². The standard InChI is InChI=1S/C5H8N2O3/c8-3-7-2-1-4(9)6-5(7)10/h1-2,5,8,10H,3H2,(H,6,9). The number of carbonyl (C=O) groups excluding carboxylic acids is 1. The van der Waals surface area contributed by atoms with E-state index >= 15 is 0 Å². The quantitative estimate of drug-likeness (QED) is 0.404. The monoisotopic (exact) mass is 144 g/mol. The summed E-state index contributed by atoms with van der Waals surface area (Å²) in [4.78, 5) is 11.6. The van der Waals surface area contributed by atoms with Crippen LogP contribution < -0.4 is 5.32 Å². The van der Waals surface area contributed by atoms with Crippen LogP contribution in [0.4, 0.5) is 0 Å². The average Bonchev–Trinajstić information content (AvgIpc) is 1.88. The highest BCUT2D eigenvalue weighted by Crippen LogP contribution is 1.97. The van der Waals surface area contributed by atoms with Gasteiger partial charge in [-0.1, -0.05) is 0 Å². The Balaban J connectivity index is 2.62. The van der Waals surface area contributed by atoms with E-state index in [4.69, 9.17) is 10.2 Å². The number of hydrogen-bond acceptors (Lipinski definition) is 4. The topological polar surface area (TPSA) is 72.8 Å². The molecule has 1 amide bonds. The van der Waals surface area contributed by atoms with E-state index in [1.165, 1.54) is 17.2 Å². The number of nitrogens with one attached hydrogen (secondary N) is 1. The van der Waals surface area contributed by atoms with Crippen LogP contribution in [0.15, 0.2) is 12.3 Å². The molecule has 0 aliphatic carbocycles. The first kappa shape index (κ1) is 7.04. The van der Waals surface area contributed by atoms with Crippen molar-refractivity contribution >= 4 is 5.91 Å². The van der Waals surface area contributed by atoms with Crippen LogP contribution in [0.5, 0.6) is 0 Å². The number of amides is 1. The second-order valence-corrected chi connectivity index (χ2v) is 1.85. The molecule has 1 aliphatic heterocycles. The first-order valence-corrected chi connectivity index (χ1v) is 2.77. The molecule has 1 aliphatic rings. The molecule has 5 nitrogen and oxygen atoms in total. The van der Waals surface area contributed by atoms with Crippen LogP contribution in [-0.4, -0.2) is 34.1 Å². The van der Waals surface area contributed by atoms with Gasteiger partial charge in [0, 0.05) is 12.3 Å². The summed E-state index contributed by atoms with van der Waals surface area (Å²) >= 11 is 0. The van der Waals surface area contributed by atoms with E-state index in [2.05, 4.69) is 5.32 Å². The van der Waals surface area contributed by atoms with Gasteiger partial charge in [0.05, 0.1) is 0 Å². The third-order valence-electron chi connectivity index (χ3n) is 1.17. The summed E-state index contributed by atoms with van der Waals surface area (Å²) in [5.74, 6) is -0.364. The molecular weight excluding hydrogens is 136 g/mol. The molecule has 0 aromatic heterocycles.